The van der Waals surface area contributed by atoms with Gasteiger partial charge < -0.3 is 15.4 Å². The minimum absolute atomic E-state index is 0. The van der Waals surface area contributed by atoms with Gasteiger partial charge >= 0.3 is 0 Å². The van der Waals surface area contributed by atoms with E-state index in [0.29, 0.717) is 12.3 Å². The molecule has 1 saturated carbocycles. The highest BCUT2D eigenvalue weighted by Gasteiger charge is 2.20. The van der Waals surface area contributed by atoms with E-state index in [-0.39, 0.29) is 18.3 Å². The molecule has 1 saturated heterocycles. The largest absolute Gasteiger partial charge is 0.381 e. The third kappa shape index (κ3) is 7.75. The summed E-state index contributed by atoms with van der Waals surface area (Å²) < 4.78 is 5.52. The summed E-state index contributed by atoms with van der Waals surface area (Å²) in [5, 5.41) is 6.30. The lowest BCUT2D eigenvalue weighted by molar-refractivity contribution is -0.121. The zero-order valence-electron chi connectivity index (χ0n) is 11.7. The van der Waals surface area contributed by atoms with Gasteiger partial charge in [0.15, 0.2) is 0 Å². The monoisotopic (exact) mass is 290 g/mol. The molecule has 2 N–H and O–H groups in total. The van der Waals surface area contributed by atoms with Crippen LogP contribution in [-0.4, -0.2) is 38.8 Å². The fourth-order valence-electron chi connectivity index (χ4n) is 2.32. The minimum atomic E-state index is 0. The molecule has 1 unspecified atom stereocenters. The average Bonchev–Trinajstić information content (AvgIpc) is 3.04. The molecule has 0 spiro atoms. The highest BCUT2D eigenvalue weighted by atomic mass is 35.5. The van der Waals surface area contributed by atoms with Gasteiger partial charge in [-0.3, -0.25) is 4.79 Å². The zero-order valence-corrected chi connectivity index (χ0v) is 12.5. The van der Waals surface area contributed by atoms with Crippen molar-refractivity contribution in [2.24, 2.45) is 11.8 Å². The molecule has 2 rings (SSSR count). The third-order valence-corrected chi connectivity index (χ3v) is 3.78. The Bertz CT molecular complexity index is 254. The number of nitrogens with one attached hydrogen (secondary N) is 2. The Balaban J connectivity index is 0.00000180. The van der Waals surface area contributed by atoms with Gasteiger partial charge in [-0.1, -0.05) is 0 Å². The molecule has 0 aromatic rings. The zero-order chi connectivity index (χ0) is 12.6. The average molecular weight is 291 g/mol. The van der Waals surface area contributed by atoms with Gasteiger partial charge in [-0.25, -0.2) is 0 Å². The smallest absolute Gasteiger partial charge is 0.220 e. The number of halogens is 1. The SMILES string of the molecule is Cl.O=C(CCC1CCNC1)NCCCOCC1CC1. The van der Waals surface area contributed by atoms with Gasteiger partial charge in [0.2, 0.25) is 5.91 Å². The topological polar surface area (TPSA) is 50.4 Å². The molecule has 4 nitrogen and oxygen atoms in total. The lowest BCUT2D eigenvalue weighted by atomic mass is 10.0. The number of hydrogen-bond donors (Lipinski definition) is 2. The molecule has 0 radical (unpaired) electrons. The summed E-state index contributed by atoms with van der Waals surface area (Å²) >= 11 is 0. The molecule has 1 aliphatic carbocycles. The second kappa shape index (κ2) is 9.56. The van der Waals surface area contributed by atoms with Crippen LogP contribution in [0.1, 0.15) is 38.5 Å². The molecule has 0 aromatic carbocycles. The van der Waals surface area contributed by atoms with Crippen LogP contribution in [0.4, 0.5) is 0 Å². The Kier molecular flexibility index (Phi) is 8.42. The van der Waals surface area contributed by atoms with E-state index < -0.39 is 0 Å². The first-order chi connectivity index (χ1) is 8.84. The molecular weight excluding hydrogens is 264 g/mol. The van der Waals surface area contributed by atoms with Crippen molar-refractivity contribution in [3.63, 3.8) is 0 Å². The Morgan fingerprint density at radius 3 is 2.79 bits per heavy atom. The summed E-state index contributed by atoms with van der Waals surface area (Å²) in [5.41, 5.74) is 0. The summed E-state index contributed by atoms with van der Waals surface area (Å²) in [6.07, 6.45) is 6.54. The normalized spacial score (nSPS) is 22.0. The Morgan fingerprint density at radius 1 is 1.26 bits per heavy atom. The fourth-order valence-corrected chi connectivity index (χ4v) is 2.32. The molecule has 1 amide bonds. The van der Waals surface area contributed by atoms with E-state index in [2.05, 4.69) is 10.6 Å². The molecule has 5 heteroatoms. The number of carbonyl (C=O) groups is 1. The van der Waals surface area contributed by atoms with Crippen LogP contribution >= 0.6 is 12.4 Å². The van der Waals surface area contributed by atoms with Crippen molar-refractivity contribution in [2.75, 3.05) is 32.8 Å². The van der Waals surface area contributed by atoms with Gasteiger partial charge in [0.1, 0.15) is 0 Å². The van der Waals surface area contributed by atoms with Crippen molar-refractivity contribution in [1.29, 1.82) is 0 Å². The Hall–Kier alpha value is -0.320. The van der Waals surface area contributed by atoms with Crippen molar-refractivity contribution in [1.82, 2.24) is 10.6 Å². The van der Waals surface area contributed by atoms with E-state index in [9.17, 15) is 4.79 Å². The molecule has 2 fully saturated rings. The Morgan fingerprint density at radius 2 is 2.11 bits per heavy atom. The molecule has 1 atom stereocenters. The number of carbonyl (C=O) groups excluding carboxylic acids is 1. The molecular formula is C14H27ClN2O2. The number of rotatable bonds is 9. The maximum atomic E-state index is 11.6. The summed E-state index contributed by atoms with van der Waals surface area (Å²) in [6.45, 7) is 4.66. The Labute approximate surface area is 122 Å². The minimum Gasteiger partial charge on any atom is -0.381 e. The van der Waals surface area contributed by atoms with E-state index in [1.54, 1.807) is 0 Å². The second-order valence-electron chi connectivity index (χ2n) is 5.62. The second-order valence-corrected chi connectivity index (χ2v) is 5.62. The summed E-state index contributed by atoms with van der Waals surface area (Å²) in [7, 11) is 0. The number of hydrogen-bond acceptors (Lipinski definition) is 3. The number of ether oxygens (including phenoxy) is 1. The molecule has 1 heterocycles. The summed E-state index contributed by atoms with van der Waals surface area (Å²) in [5.74, 6) is 1.74. The standard InChI is InChI=1S/C14H26N2O2.ClH/c17-14(5-4-12-6-8-15-10-12)16-7-1-9-18-11-13-2-3-13;/h12-13,15H,1-11H2,(H,16,17);1H. The van der Waals surface area contributed by atoms with E-state index in [4.69, 9.17) is 4.74 Å². The maximum Gasteiger partial charge on any atom is 0.220 e. The highest BCUT2D eigenvalue weighted by molar-refractivity contribution is 5.85. The first-order valence-electron chi connectivity index (χ1n) is 7.40. The predicted octanol–water partition coefficient (Wildman–Crippen LogP) is 1.73. The van der Waals surface area contributed by atoms with Crippen molar-refractivity contribution in [3.8, 4) is 0 Å². The third-order valence-electron chi connectivity index (χ3n) is 3.78. The fraction of sp³-hybridized carbons (Fsp3) is 0.929. The van der Waals surface area contributed by atoms with E-state index >= 15 is 0 Å². The van der Waals surface area contributed by atoms with Gasteiger partial charge in [0, 0.05) is 26.2 Å². The van der Waals surface area contributed by atoms with Crippen LogP contribution in [0.15, 0.2) is 0 Å². The van der Waals surface area contributed by atoms with Crippen molar-refractivity contribution in [3.05, 3.63) is 0 Å². The quantitative estimate of drug-likeness (QED) is 0.636. The summed E-state index contributed by atoms with van der Waals surface area (Å²) in [4.78, 5) is 11.6. The van der Waals surface area contributed by atoms with Gasteiger partial charge in [-0.05, 0) is 57.0 Å². The van der Waals surface area contributed by atoms with Gasteiger partial charge in [-0.15, -0.1) is 12.4 Å². The van der Waals surface area contributed by atoms with Crippen LogP contribution in [-0.2, 0) is 9.53 Å². The van der Waals surface area contributed by atoms with Crippen molar-refractivity contribution >= 4 is 18.3 Å². The van der Waals surface area contributed by atoms with Gasteiger partial charge in [0.05, 0.1) is 0 Å². The summed E-state index contributed by atoms with van der Waals surface area (Å²) in [6, 6.07) is 0. The highest BCUT2D eigenvalue weighted by Crippen LogP contribution is 2.28. The lowest BCUT2D eigenvalue weighted by Crippen LogP contribution is -2.25. The number of amides is 1. The predicted molar refractivity (Wildman–Crippen MR) is 78.6 cm³/mol. The first-order valence-corrected chi connectivity index (χ1v) is 7.40. The van der Waals surface area contributed by atoms with Crippen LogP contribution in [0, 0.1) is 11.8 Å². The van der Waals surface area contributed by atoms with Crippen molar-refractivity contribution in [2.45, 2.75) is 38.5 Å². The maximum absolute atomic E-state index is 11.6. The van der Waals surface area contributed by atoms with E-state index in [1.165, 1.54) is 19.3 Å². The van der Waals surface area contributed by atoms with Crippen LogP contribution < -0.4 is 10.6 Å². The van der Waals surface area contributed by atoms with Gasteiger partial charge in [-0.2, -0.15) is 0 Å². The molecule has 112 valence electrons. The molecule has 0 aromatic heterocycles. The van der Waals surface area contributed by atoms with Gasteiger partial charge in [0.25, 0.3) is 0 Å². The van der Waals surface area contributed by atoms with Crippen LogP contribution in [0.25, 0.3) is 0 Å². The van der Waals surface area contributed by atoms with Crippen molar-refractivity contribution < 1.29 is 9.53 Å². The van der Waals surface area contributed by atoms with E-state index in [1.807, 2.05) is 0 Å². The first kappa shape index (κ1) is 16.7. The van der Waals surface area contributed by atoms with Crippen LogP contribution in [0.2, 0.25) is 0 Å². The molecule has 0 bridgehead atoms. The molecule has 1 aliphatic heterocycles. The van der Waals surface area contributed by atoms with Crippen LogP contribution in [0.5, 0.6) is 0 Å². The van der Waals surface area contributed by atoms with E-state index in [0.717, 1.165) is 51.6 Å². The molecule has 19 heavy (non-hydrogen) atoms. The van der Waals surface area contributed by atoms with Crippen LogP contribution in [0.3, 0.4) is 0 Å². The molecule has 2 aliphatic rings. The lowest BCUT2D eigenvalue weighted by Gasteiger charge is -2.08.